The molecule has 2 fully saturated rings. The van der Waals surface area contributed by atoms with Gasteiger partial charge in [-0.05, 0) is 137 Å². The van der Waals surface area contributed by atoms with Crippen LogP contribution in [0.4, 0.5) is 23.0 Å². The van der Waals surface area contributed by atoms with Crippen LogP contribution < -0.4 is 21.3 Å². The number of nitrogen functional groups attached to an aromatic ring is 2. The van der Waals surface area contributed by atoms with Crippen LogP contribution in [0.15, 0.2) is 36.4 Å². The summed E-state index contributed by atoms with van der Waals surface area (Å²) >= 11 is 0. The molecule has 0 radical (unpaired) electrons. The molecule has 2 aromatic carbocycles. The Bertz CT molecular complexity index is 2980. The first-order chi connectivity index (χ1) is 39.4. The Hall–Kier alpha value is -5.94. The monoisotopic (exact) mass is 1150 g/mol. The van der Waals surface area contributed by atoms with Crippen molar-refractivity contribution in [3.8, 4) is 0 Å². The quantitative estimate of drug-likeness (QED) is 0.0294. The minimum Gasteiger partial charge on any atom is -0.481 e. The van der Waals surface area contributed by atoms with Crippen molar-refractivity contribution in [1.29, 1.82) is 0 Å². The number of carbonyl (C=O) groups excluding carboxylic acids is 1. The molecule has 6 heterocycles. The third kappa shape index (κ3) is 19.3. The normalized spacial score (nSPS) is 14.6. The molecule has 83 heavy (non-hydrogen) atoms. The fraction of sp³-hybridized carbons (Fsp3) is 0.645. The highest BCUT2D eigenvalue weighted by Gasteiger charge is 2.24. The SMILES string of the molecule is CCCCc1nc2c(N)nc3ccc(N4CCN(CCOCCC(=O)O)CC4)cc3c2n1CCCCN(C)C.CCCCc1nc2c(N)nc3ccc(N4CCN(CCOCCC(=O)OC(C)(C)C)CC4)cc3c2n1CCCCN(C)C.O. The van der Waals surface area contributed by atoms with E-state index in [1.165, 1.54) is 11.4 Å². The van der Waals surface area contributed by atoms with Gasteiger partial charge < -0.3 is 65.0 Å². The Labute approximate surface area is 492 Å². The van der Waals surface area contributed by atoms with Gasteiger partial charge in [0.25, 0.3) is 0 Å². The van der Waals surface area contributed by atoms with E-state index in [-0.39, 0.29) is 30.9 Å². The van der Waals surface area contributed by atoms with Crippen LogP contribution in [0.2, 0.25) is 0 Å². The first kappa shape index (κ1) is 66.2. The molecule has 4 aromatic heterocycles. The van der Waals surface area contributed by atoms with Crippen molar-refractivity contribution in [2.45, 2.75) is 130 Å². The molecule has 0 spiro atoms. The van der Waals surface area contributed by atoms with Crippen molar-refractivity contribution < 1.29 is 34.4 Å². The highest BCUT2D eigenvalue weighted by Crippen LogP contribution is 2.35. The maximum atomic E-state index is 11.9. The van der Waals surface area contributed by atoms with E-state index in [9.17, 15) is 9.59 Å². The summed E-state index contributed by atoms with van der Waals surface area (Å²) in [5.74, 6) is 2.23. The van der Waals surface area contributed by atoms with Crippen LogP contribution in [0.5, 0.6) is 0 Å². The minimum atomic E-state index is -0.821. The zero-order chi connectivity index (χ0) is 58.8. The molecule has 0 atom stereocenters. The molecule has 0 bridgehead atoms. The number of rotatable bonds is 30. The van der Waals surface area contributed by atoms with Crippen molar-refractivity contribution in [2.24, 2.45) is 0 Å². The number of ether oxygens (including phenoxy) is 3. The number of imidazole rings is 2. The summed E-state index contributed by atoms with van der Waals surface area (Å²) in [6.07, 6.45) is 11.2. The molecule has 2 aliphatic rings. The largest absolute Gasteiger partial charge is 0.481 e. The van der Waals surface area contributed by atoms with Gasteiger partial charge in [-0.25, -0.2) is 19.9 Å². The van der Waals surface area contributed by atoms with Gasteiger partial charge >= 0.3 is 11.9 Å². The lowest BCUT2D eigenvalue weighted by atomic mass is 10.1. The smallest absolute Gasteiger partial charge is 0.308 e. The molecule has 2 aliphatic heterocycles. The first-order valence-electron chi connectivity index (χ1n) is 30.4. The van der Waals surface area contributed by atoms with E-state index in [0.717, 1.165) is 211 Å². The summed E-state index contributed by atoms with van der Waals surface area (Å²) in [6, 6.07) is 13.1. The summed E-state index contributed by atoms with van der Waals surface area (Å²) in [4.78, 5) is 56.2. The van der Waals surface area contributed by atoms with E-state index in [2.05, 4.69) is 117 Å². The number of anilines is 4. The number of carboxylic acid groups (broad SMARTS) is 1. The van der Waals surface area contributed by atoms with Crippen LogP contribution in [-0.4, -0.2) is 210 Å². The molecule has 0 saturated carbocycles. The van der Waals surface area contributed by atoms with Crippen molar-refractivity contribution in [3.63, 3.8) is 0 Å². The lowest BCUT2D eigenvalue weighted by Crippen LogP contribution is -2.47. The van der Waals surface area contributed by atoms with E-state index in [1.807, 2.05) is 20.8 Å². The number of unbranched alkanes of at least 4 members (excludes halogenated alkanes) is 4. The molecule has 460 valence electrons. The number of esters is 1. The zero-order valence-corrected chi connectivity index (χ0v) is 51.7. The number of fused-ring (bicyclic) bond motifs is 6. The Morgan fingerprint density at radius 2 is 1.00 bits per heavy atom. The highest BCUT2D eigenvalue weighted by molar-refractivity contribution is 6.08. The van der Waals surface area contributed by atoms with E-state index < -0.39 is 11.6 Å². The third-order valence-electron chi connectivity index (χ3n) is 15.4. The van der Waals surface area contributed by atoms with Gasteiger partial charge in [-0.3, -0.25) is 19.4 Å². The number of hydrogen-bond acceptors (Lipinski definition) is 17. The third-order valence-corrected chi connectivity index (χ3v) is 15.4. The summed E-state index contributed by atoms with van der Waals surface area (Å²) in [5, 5.41) is 11.0. The molecule has 0 amide bonds. The summed E-state index contributed by atoms with van der Waals surface area (Å²) < 4.78 is 21.4. The number of pyridine rings is 2. The molecule has 0 unspecified atom stereocenters. The van der Waals surface area contributed by atoms with Crippen LogP contribution in [0, 0.1) is 0 Å². The van der Waals surface area contributed by atoms with Crippen molar-refractivity contribution in [2.75, 3.05) is 154 Å². The van der Waals surface area contributed by atoms with Crippen molar-refractivity contribution >= 4 is 78.8 Å². The van der Waals surface area contributed by atoms with Gasteiger partial charge in [0.1, 0.15) is 28.3 Å². The van der Waals surface area contributed by atoms with E-state index in [4.69, 9.17) is 50.7 Å². The lowest BCUT2D eigenvalue weighted by Gasteiger charge is -2.36. The minimum absolute atomic E-state index is 0. The van der Waals surface area contributed by atoms with Crippen molar-refractivity contribution in [3.05, 3.63) is 48.0 Å². The van der Waals surface area contributed by atoms with Gasteiger partial charge in [-0.15, -0.1) is 0 Å². The molecular weight excluding hydrogens is 1050 g/mol. The van der Waals surface area contributed by atoms with Crippen molar-refractivity contribution in [1.82, 2.24) is 48.7 Å². The van der Waals surface area contributed by atoms with Crippen LogP contribution in [0.3, 0.4) is 0 Å². The Kier molecular flexibility index (Phi) is 25.8. The predicted molar refractivity (Wildman–Crippen MR) is 337 cm³/mol. The summed E-state index contributed by atoms with van der Waals surface area (Å²) in [5.41, 5.74) is 20.6. The fourth-order valence-corrected chi connectivity index (χ4v) is 11.0. The maximum absolute atomic E-state index is 11.9. The topological polar surface area (TPSA) is 246 Å². The molecule has 0 aliphatic carbocycles. The first-order valence-corrected chi connectivity index (χ1v) is 30.4. The lowest BCUT2D eigenvalue weighted by molar-refractivity contribution is -0.156. The fourth-order valence-electron chi connectivity index (χ4n) is 11.0. The van der Waals surface area contributed by atoms with Gasteiger partial charge in [0.15, 0.2) is 11.6 Å². The predicted octanol–water partition coefficient (Wildman–Crippen LogP) is 7.36. The maximum Gasteiger partial charge on any atom is 0.308 e. The number of nitrogens with two attached hydrogens (primary N) is 2. The van der Waals surface area contributed by atoms with E-state index in [1.54, 1.807) is 0 Å². The average Bonchev–Trinajstić information content (AvgIpc) is 2.69. The highest BCUT2D eigenvalue weighted by atomic mass is 16.6. The number of aryl methyl sites for hydroxylation is 4. The van der Waals surface area contributed by atoms with Gasteiger partial charge in [-0.1, -0.05) is 26.7 Å². The number of benzene rings is 2. The standard InChI is InChI=1S/C33H53N7O3.C29H45N7O3.H2O/c1-7-8-11-28-36-30-31(40(28)16-10-9-15-37(5)6)26-24-25(12-13-27(26)35-32(30)34)39-19-17-38(18-20-39)21-23-42-22-14-29(41)43-33(2,3)4;1-4-5-8-25-32-27-28(36(25)13-7-6-12-33(2)3)23-21-22(9-10-24(23)31-29(27)30)35-16-14-34(15-17-35)18-20-39-19-11-26(37)38;/h12-13,24H,7-11,14-23H2,1-6H3,(H2,34,35);9-10,21H,4-8,11-20H2,1-3H3,(H2,30,31)(H,37,38);1H2. The van der Waals surface area contributed by atoms with Gasteiger partial charge in [0, 0.05) is 114 Å². The molecule has 21 nitrogen and oxygen atoms in total. The Morgan fingerprint density at radius 3 is 1.39 bits per heavy atom. The number of carboxylic acids is 1. The number of nitrogens with zero attached hydrogens (tertiary/aromatic N) is 12. The van der Waals surface area contributed by atoms with Gasteiger partial charge in [-0.2, -0.15) is 0 Å². The molecule has 8 rings (SSSR count). The molecule has 21 heteroatoms. The second kappa shape index (κ2) is 32.4. The average molecular weight is 1150 g/mol. The second-order valence-corrected chi connectivity index (χ2v) is 23.7. The van der Waals surface area contributed by atoms with E-state index in [0.29, 0.717) is 31.5 Å². The van der Waals surface area contributed by atoms with Gasteiger partial charge in [0.05, 0.1) is 61.3 Å². The zero-order valence-electron chi connectivity index (χ0n) is 51.7. The molecular formula is C62H100N14O7. The number of carbonyl (C=O) groups is 2. The van der Waals surface area contributed by atoms with Crippen LogP contribution in [-0.2, 0) is 49.7 Å². The van der Waals surface area contributed by atoms with Crippen LogP contribution in [0.1, 0.15) is 110 Å². The molecule has 6 aromatic rings. The number of piperazine rings is 2. The number of aliphatic carboxylic acids is 1. The van der Waals surface area contributed by atoms with Crippen LogP contribution in [0.25, 0.3) is 43.9 Å². The summed E-state index contributed by atoms with van der Waals surface area (Å²) in [7, 11) is 8.50. The Morgan fingerprint density at radius 1 is 0.578 bits per heavy atom. The second-order valence-electron chi connectivity index (χ2n) is 23.7. The van der Waals surface area contributed by atoms with Crippen LogP contribution >= 0.6 is 0 Å². The summed E-state index contributed by atoms with van der Waals surface area (Å²) in [6.45, 7) is 25.2. The van der Waals surface area contributed by atoms with E-state index >= 15 is 0 Å². The number of hydrogen-bond donors (Lipinski definition) is 3. The molecule has 7 N–H and O–H groups in total. The molecule has 2 saturated heterocycles. The number of aromatic nitrogens is 6. The van der Waals surface area contributed by atoms with Gasteiger partial charge in [0.2, 0.25) is 0 Å². The Balaban J connectivity index is 0.000000265.